The van der Waals surface area contributed by atoms with E-state index >= 15 is 0 Å². The Bertz CT molecular complexity index is 441. The van der Waals surface area contributed by atoms with Crippen LogP contribution in [-0.2, 0) is 0 Å². The number of rotatable bonds is 3. The van der Waals surface area contributed by atoms with Gasteiger partial charge in [-0.05, 0) is 31.1 Å². The zero-order chi connectivity index (χ0) is 12.7. The van der Waals surface area contributed by atoms with Crippen LogP contribution in [0.3, 0.4) is 0 Å². The smallest absolute Gasteiger partial charge is 0.230 e. The van der Waals surface area contributed by atoms with Crippen molar-refractivity contribution in [3.05, 3.63) is 5.82 Å². The van der Waals surface area contributed by atoms with Gasteiger partial charge in [0.25, 0.3) is 0 Å². The Morgan fingerprint density at radius 2 is 1.94 bits per heavy atom. The van der Waals surface area contributed by atoms with Crippen LogP contribution in [0, 0.1) is 11.8 Å². The van der Waals surface area contributed by atoms with Crippen molar-refractivity contribution >= 4 is 11.9 Å². The molecule has 1 aliphatic carbocycles. The van der Waals surface area contributed by atoms with Crippen LogP contribution in [0.2, 0.25) is 0 Å². The summed E-state index contributed by atoms with van der Waals surface area (Å²) >= 11 is 0. The Morgan fingerprint density at radius 1 is 1.17 bits per heavy atom. The van der Waals surface area contributed by atoms with Crippen molar-refractivity contribution in [2.75, 3.05) is 23.7 Å². The molecule has 98 valence electrons. The molecule has 5 heteroatoms. The fourth-order valence-electron chi connectivity index (χ4n) is 2.58. The van der Waals surface area contributed by atoms with E-state index < -0.39 is 0 Å². The Labute approximate surface area is 108 Å². The molecule has 1 saturated heterocycles. The van der Waals surface area contributed by atoms with Gasteiger partial charge in [0.15, 0.2) is 0 Å². The van der Waals surface area contributed by atoms with Crippen LogP contribution < -0.4 is 10.6 Å². The minimum Gasteiger partial charge on any atom is -0.368 e. The van der Waals surface area contributed by atoms with Gasteiger partial charge in [0, 0.05) is 19.0 Å². The average molecular weight is 247 g/mol. The summed E-state index contributed by atoms with van der Waals surface area (Å²) in [5.74, 6) is 4.04. The zero-order valence-corrected chi connectivity index (χ0v) is 11.1. The number of nitrogens with two attached hydrogens (primary N) is 1. The molecule has 2 fully saturated rings. The molecular formula is C13H21N5. The molecule has 5 nitrogen and oxygen atoms in total. The van der Waals surface area contributed by atoms with E-state index in [4.69, 9.17) is 5.73 Å². The van der Waals surface area contributed by atoms with E-state index in [0.717, 1.165) is 36.7 Å². The van der Waals surface area contributed by atoms with Gasteiger partial charge >= 0.3 is 0 Å². The molecule has 0 bridgehead atoms. The van der Waals surface area contributed by atoms with E-state index in [0.29, 0.717) is 11.9 Å². The molecule has 0 amide bonds. The summed E-state index contributed by atoms with van der Waals surface area (Å²) in [7, 11) is 0. The maximum Gasteiger partial charge on any atom is 0.230 e. The molecule has 1 unspecified atom stereocenters. The summed E-state index contributed by atoms with van der Waals surface area (Å²) < 4.78 is 0. The molecule has 3 rings (SSSR count). The average Bonchev–Trinajstić information content (AvgIpc) is 3.05. The fraction of sp³-hybridized carbons (Fsp3) is 0.769. The highest BCUT2D eigenvalue weighted by Gasteiger charge is 2.30. The highest BCUT2D eigenvalue weighted by molar-refractivity contribution is 5.37. The highest BCUT2D eigenvalue weighted by atomic mass is 15.3. The first-order valence-corrected chi connectivity index (χ1v) is 6.90. The minimum atomic E-state index is 0.370. The van der Waals surface area contributed by atoms with Crippen molar-refractivity contribution in [2.24, 2.45) is 11.8 Å². The Hall–Kier alpha value is -1.39. The van der Waals surface area contributed by atoms with Gasteiger partial charge in [-0.2, -0.15) is 15.0 Å². The summed E-state index contributed by atoms with van der Waals surface area (Å²) in [6, 6.07) is 0. The lowest BCUT2D eigenvalue weighted by molar-refractivity contribution is 0.422. The predicted molar refractivity (Wildman–Crippen MR) is 71.4 cm³/mol. The number of anilines is 2. The largest absolute Gasteiger partial charge is 0.368 e. The van der Waals surface area contributed by atoms with E-state index in [9.17, 15) is 0 Å². The van der Waals surface area contributed by atoms with Gasteiger partial charge in [0.2, 0.25) is 11.9 Å². The topological polar surface area (TPSA) is 67.9 Å². The van der Waals surface area contributed by atoms with Crippen LogP contribution in [0.1, 0.15) is 44.9 Å². The SMILES string of the molecule is CC(C)C1CCN(c2nc(N)nc(C3CC3)n2)C1. The van der Waals surface area contributed by atoms with Gasteiger partial charge < -0.3 is 10.6 Å². The Balaban J connectivity index is 1.79. The van der Waals surface area contributed by atoms with Crippen molar-refractivity contribution < 1.29 is 0 Å². The normalized spacial score (nSPS) is 23.9. The van der Waals surface area contributed by atoms with E-state index in [1.165, 1.54) is 19.3 Å². The summed E-state index contributed by atoms with van der Waals surface area (Å²) in [5.41, 5.74) is 5.80. The number of hydrogen-bond donors (Lipinski definition) is 1. The quantitative estimate of drug-likeness (QED) is 0.882. The second kappa shape index (κ2) is 4.37. The molecule has 1 atom stereocenters. The number of aromatic nitrogens is 3. The number of nitrogen functional groups attached to an aromatic ring is 1. The van der Waals surface area contributed by atoms with Crippen LogP contribution in [0.25, 0.3) is 0 Å². The van der Waals surface area contributed by atoms with Gasteiger partial charge in [0.05, 0.1) is 0 Å². The third-order valence-corrected chi connectivity index (χ3v) is 4.05. The molecule has 2 heterocycles. The Kier molecular flexibility index (Phi) is 2.84. The van der Waals surface area contributed by atoms with Crippen molar-refractivity contribution in [1.29, 1.82) is 0 Å². The first-order valence-electron chi connectivity index (χ1n) is 6.90. The molecule has 2 N–H and O–H groups in total. The van der Waals surface area contributed by atoms with Gasteiger partial charge in [-0.15, -0.1) is 0 Å². The van der Waals surface area contributed by atoms with Gasteiger partial charge in [-0.3, -0.25) is 0 Å². The van der Waals surface area contributed by atoms with Gasteiger partial charge in [0.1, 0.15) is 5.82 Å². The van der Waals surface area contributed by atoms with Crippen molar-refractivity contribution in [3.8, 4) is 0 Å². The highest BCUT2D eigenvalue weighted by Crippen LogP contribution is 2.38. The van der Waals surface area contributed by atoms with Gasteiger partial charge in [-0.1, -0.05) is 13.8 Å². The fourth-order valence-corrected chi connectivity index (χ4v) is 2.58. The zero-order valence-electron chi connectivity index (χ0n) is 11.1. The van der Waals surface area contributed by atoms with Crippen LogP contribution in [0.5, 0.6) is 0 Å². The molecule has 18 heavy (non-hydrogen) atoms. The van der Waals surface area contributed by atoms with Crippen molar-refractivity contribution in [2.45, 2.75) is 39.0 Å². The lowest BCUT2D eigenvalue weighted by Gasteiger charge is -2.18. The maximum absolute atomic E-state index is 5.80. The van der Waals surface area contributed by atoms with Crippen molar-refractivity contribution in [1.82, 2.24) is 15.0 Å². The molecule has 0 spiro atoms. The third kappa shape index (κ3) is 2.26. The predicted octanol–water partition coefficient (Wildman–Crippen LogP) is 1.81. The van der Waals surface area contributed by atoms with E-state index in [1.54, 1.807) is 0 Å². The van der Waals surface area contributed by atoms with E-state index in [2.05, 4.69) is 33.7 Å². The van der Waals surface area contributed by atoms with Crippen LogP contribution in [0.4, 0.5) is 11.9 Å². The van der Waals surface area contributed by atoms with Gasteiger partial charge in [-0.25, -0.2) is 0 Å². The van der Waals surface area contributed by atoms with E-state index in [-0.39, 0.29) is 0 Å². The van der Waals surface area contributed by atoms with Crippen LogP contribution >= 0.6 is 0 Å². The second-order valence-electron chi connectivity index (χ2n) is 5.86. The van der Waals surface area contributed by atoms with Crippen molar-refractivity contribution in [3.63, 3.8) is 0 Å². The standard InChI is InChI=1S/C13H21N5/c1-8(2)10-5-6-18(7-10)13-16-11(9-3-4-9)15-12(14)17-13/h8-10H,3-7H2,1-2H3,(H2,14,15,16,17). The number of hydrogen-bond acceptors (Lipinski definition) is 5. The molecule has 0 aromatic carbocycles. The Morgan fingerprint density at radius 3 is 2.56 bits per heavy atom. The molecule has 1 aromatic rings. The lowest BCUT2D eigenvalue weighted by Crippen LogP contribution is -2.24. The lowest BCUT2D eigenvalue weighted by atomic mass is 9.95. The summed E-state index contributed by atoms with van der Waals surface area (Å²) in [5, 5.41) is 0. The van der Waals surface area contributed by atoms with Crippen LogP contribution in [-0.4, -0.2) is 28.0 Å². The first kappa shape index (κ1) is 11.7. The second-order valence-corrected chi connectivity index (χ2v) is 5.86. The summed E-state index contributed by atoms with van der Waals surface area (Å²) in [6.45, 7) is 6.65. The molecule has 1 aliphatic heterocycles. The molecule has 0 radical (unpaired) electrons. The molecule has 2 aliphatic rings. The molecule has 1 saturated carbocycles. The number of nitrogens with zero attached hydrogens (tertiary/aromatic N) is 4. The van der Waals surface area contributed by atoms with Crippen LogP contribution in [0.15, 0.2) is 0 Å². The molecular weight excluding hydrogens is 226 g/mol. The summed E-state index contributed by atoms with van der Waals surface area (Å²) in [4.78, 5) is 15.4. The minimum absolute atomic E-state index is 0.370. The molecule has 1 aromatic heterocycles. The van der Waals surface area contributed by atoms with E-state index in [1.807, 2.05) is 0 Å². The first-order chi connectivity index (χ1) is 8.63. The maximum atomic E-state index is 5.80. The monoisotopic (exact) mass is 247 g/mol. The third-order valence-electron chi connectivity index (χ3n) is 4.05. The summed E-state index contributed by atoms with van der Waals surface area (Å²) in [6.07, 6.45) is 3.61.